The molecule has 2 rings (SSSR count). The number of aryl methyl sites for hydroxylation is 1. The van der Waals surface area contributed by atoms with Gasteiger partial charge in [-0.1, -0.05) is 0 Å². The van der Waals surface area contributed by atoms with Gasteiger partial charge in [-0.15, -0.1) is 0 Å². The Bertz CT molecular complexity index is 632. The quantitative estimate of drug-likeness (QED) is 0.895. The summed E-state index contributed by atoms with van der Waals surface area (Å²) in [6.45, 7) is 4.25. The predicted octanol–water partition coefficient (Wildman–Crippen LogP) is 3.36. The van der Waals surface area contributed by atoms with Crippen molar-refractivity contribution in [2.75, 3.05) is 19.0 Å². The Labute approximate surface area is 126 Å². The second-order valence-corrected chi connectivity index (χ2v) is 4.95. The third-order valence-electron chi connectivity index (χ3n) is 2.77. The second kappa shape index (κ2) is 6.09. The molecule has 1 heterocycles. The zero-order chi connectivity index (χ0) is 14.7. The van der Waals surface area contributed by atoms with Crippen molar-refractivity contribution in [1.82, 2.24) is 9.97 Å². The van der Waals surface area contributed by atoms with Crippen molar-refractivity contribution in [3.05, 3.63) is 28.4 Å². The zero-order valence-electron chi connectivity index (χ0n) is 11.6. The van der Waals surface area contributed by atoms with Crippen molar-refractivity contribution < 1.29 is 9.84 Å². The van der Waals surface area contributed by atoms with Crippen LogP contribution in [-0.4, -0.2) is 28.7 Å². The first-order valence-electron chi connectivity index (χ1n) is 6.24. The predicted molar refractivity (Wildman–Crippen MR) is 82.3 cm³/mol. The molecule has 0 amide bonds. The van der Waals surface area contributed by atoms with E-state index in [9.17, 15) is 5.11 Å². The molecule has 0 fully saturated rings. The van der Waals surface area contributed by atoms with Crippen LogP contribution < -0.4 is 10.1 Å². The largest absolute Gasteiger partial charge is 0.504 e. The Morgan fingerprint density at radius 2 is 2.10 bits per heavy atom. The number of anilines is 1. The van der Waals surface area contributed by atoms with Crippen molar-refractivity contribution in [2.24, 2.45) is 0 Å². The summed E-state index contributed by atoms with van der Waals surface area (Å²) in [7, 11) is 1.80. The van der Waals surface area contributed by atoms with Crippen molar-refractivity contribution in [3.8, 4) is 22.9 Å². The van der Waals surface area contributed by atoms with Crippen LogP contribution in [0, 0.1) is 6.92 Å². The molecule has 0 aliphatic carbocycles. The van der Waals surface area contributed by atoms with Crippen molar-refractivity contribution >= 4 is 21.7 Å². The number of phenolic OH excluding ortho intramolecular Hbond substituents is 1. The van der Waals surface area contributed by atoms with Crippen LogP contribution in [0.25, 0.3) is 11.4 Å². The van der Waals surface area contributed by atoms with E-state index in [1.165, 1.54) is 0 Å². The lowest BCUT2D eigenvalue weighted by Crippen LogP contribution is -2.01. The molecule has 20 heavy (non-hydrogen) atoms. The number of halogens is 1. The number of nitrogens with zero attached hydrogens (tertiary/aromatic N) is 2. The first kappa shape index (κ1) is 14.6. The lowest BCUT2D eigenvalue weighted by Gasteiger charge is -2.10. The number of hydrogen-bond donors (Lipinski definition) is 2. The molecule has 2 aromatic rings. The summed E-state index contributed by atoms with van der Waals surface area (Å²) in [4.78, 5) is 8.89. The summed E-state index contributed by atoms with van der Waals surface area (Å²) in [5, 5.41) is 12.7. The fourth-order valence-corrected chi connectivity index (χ4v) is 2.15. The van der Waals surface area contributed by atoms with Gasteiger partial charge in [0, 0.05) is 12.6 Å². The standard InChI is InChI=1S/C14H16BrN3O2/c1-4-20-11-7-9(5-6-10(11)19)13-17-8(2)12(15)14(16-3)18-13/h5-7,19H,4H2,1-3H3,(H,16,17,18). The van der Waals surface area contributed by atoms with E-state index in [1.54, 1.807) is 25.2 Å². The molecule has 6 heteroatoms. The van der Waals surface area contributed by atoms with Gasteiger partial charge in [0.1, 0.15) is 5.82 Å². The average Bonchev–Trinajstić information content (AvgIpc) is 2.44. The summed E-state index contributed by atoms with van der Waals surface area (Å²) in [6, 6.07) is 5.08. The van der Waals surface area contributed by atoms with E-state index in [4.69, 9.17) is 4.74 Å². The fraction of sp³-hybridized carbons (Fsp3) is 0.286. The van der Waals surface area contributed by atoms with Gasteiger partial charge in [0.05, 0.1) is 16.8 Å². The van der Waals surface area contributed by atoms with Gasteiger partial charge in [-0.05, 0) is 48.0 Å². The van der Waals surface area contributed by atoms with Crippen LogP contribution in [0.2, 0.25) is 0 Å². The van der Waals surface area contributed by atoms with E-state index < -0.39 is 0 Å². The Morgan fingerprint density at radius 1 is 1.35 bits per heavy atom. The monoisotopic (exact) mass is 337 g/mol. The molecule has 0 aliphatic heterocycles. The maximum absolute atomic E-state index is 9.73. The van der Waals surface area contributed by atoms with Crippen molar-refractivity contribution in [2.45, 2.75) is 13.8 Å². The van der Waals surface area contributed by atoms with Crippen molar-refractivity contribution in [1.29, 1.82) is 0 Å². The molecule has 0 saturated carbocycles. The van der Waals surface area contributed by atoms with Gasteiger partial charge in [-0.25, -0.2) is 9.97 Å². The molecular weight excluding hydrogens is 322 g/mol. The van der Waals surface area contributed by atoms with Crippen molar-refractivity contribution in [3.63, 3.8) is 0 Å². The zero-order valence-corrected chi connectivity index (χ0v) is 13.2. The molecule has 1 aromatic carbocycles. The summed E-state index contributed by atoms with van der Waals surface area (Å²) >= 11 is 3.45. The van der Waals surface area contributed by atoms with Gasteiger partial charge in [0.15, 0.2) is 17.3 Å². The minimum absolute atomic E-state index is 0.110. The molecule has 0 bridgehead atoms. The highest BCUT2D eigenvalue weighted by molar-refractivity contribution is 9.10. The highest BCUT2D eigenvalue weighted by Crippen LogP contribution is 2.32. The molecular formula is C14H16BrN3O2. The van der Waals surface area contributed by atoms with Gasteiger partial charge in [-0.2, -0.15) is 0 Å². The highest BCUT2D eigenvalue weighted by Gasteiger charge is 2.12. The van der Waals surface area contributed by atoms with Crippen LogP contribution in [0.15, 0.2) is 22.7 Å². The number of hydrogen-bond acceptors (Lipinski definition) is 5. The third-order valence-corrected chi connectivity index (χ3v) is 3.72. The Kier molecular flexibility index (Phi) is 4.44. The molecule has 106 valence electrons. The van der Waals surface area contributed by atoms with E-state index in [2.05, 4.69) is 31.2 Å². The number of aromatic hydroxyl groups is 1. The highest BCUT2D eigenvalue weighted by atomic mass is 79.9. The molecule has 0 atom stereocenters. The Hall–Kier alpha value is -1.82. The topological polar surface area (TPSA) is 67.3 Å². The lowest BCUT2D eigenvalue weighted by molar-refractivity contribution is 0.318. The van der Waals surface area contributed by atoms with E-state index in [0.717, 1.165) is 21.5 Å². The maximum atomic E-state index is 9.73. The summed E-state index contributed by atoms with van der Waals surface area (Å²) in [5.41, 5.74) is 1.63. The van der Waals surface area contributed by atoms with E-state index in [0.29, 0.717) is 18.2 Å². The van der Waals surface area contributed by atoms with Crippen LogP contribution in [-0.2, 0) is 0 Å². The number of nitrogens with one attached hydrogen (secondary N) is 1. The summed E-state index contributed by atoms with van der Waals surface area (Å²) < 4.78 is 6.22. The van der Waals surface area contributed by atoms with Crippen LogP contribution >= 0.6 is 15.9 Å². The molecule has 0 radical (unpaired) electrons. The van der Waals surface area contributed by atoms with E-state index in [1.807, 2.05) is 13.8 Å². The first-order valence-corrected chi connectivity index (χ1v) is 7.04. The Morgan fingerprint density at radius 3 is 2.75 bits per heavy atom. The first-order chi connectivity index (χ1) is 9.56. The van der Waals surface area contributed by atoms with Crippen LogP contribution in [0.1, 0.15) is 12.6 Å². The van der Waals surface area contributed by atoms with Crippen LogP contribution in [0.3, 0.4) is 0 Å². The number of phenols is 1. The van der Waals surface area contributed by atoms with E-state index in [-0.39, 0.29) is 5.75 Å². The molecule has 0 aliphatic rings. The smallest absolute Gasteiger partial charge is 0.161 e. The number of benzene rings is 1. The second-order valence-electron chi connectivity index (χ2n) is 4.16. The van der Waals surface area contributed by atoms with Gasteiger partial charge >= 0.3 is 0 Å². The van der Waals surface area contributed by atoms with Gasteiger partial charge in [0.2, 0.25) is 0 Å². The normalized spacial score (nSPS) is 10.4. The van der Waals surface area contributed by atoms with Gasteiger partial charge < -0.3 is 15.2 Å². The van der Waals surface area contributed by atoms with E-state index >= 15 is 0 Å². The number of ether oxygens (including phenoxy) is 1. The molecule has 0 saturated heterocycles. The average molecular weight is 338 g/mol. The fourth-order valence-electron chi connectivity index (χ4n) is 1.78. The Balaban J connectivity index is 2.51. The third kappa shape index (κ3) is 2.85. The summed E-state index contributed by atoms with van der Waals surface area (Å²) in [6.07, 6.45) is 0. The molecule has 0 unspecified atom stereocenters. The molecule has 0 spiro atoms. The van der Waals surface area contributed by atoms with Crippen LogP contribution in [0.4, 0.5) is 5.82 Å². The maximum Gasteiger partial charge on any atom is 0.161 e. The minimum atomic E-state index is 0.110. The molecule has 5 nitrogen and oxygen atoms in total. The van der Waals surface area contributed by atoms with Gasteiger partial charge in [-0.3, -0.25) is 0 Å². The SMILES string of the molecule is CCOc1cc(-c2nc(C)c(Br)c(NC)n2)ccc1O. The molecule has 1 aromatic heterocycles. The number of aromatic nitrogens is 2. The molecule has 2 N–H and O–H groups in total. The van der Waals surface area contributed by atoms with Gasteiger partial charge in [0.25, 0.3) is 0 Å². The summed E-state index contributed by atoms with van der Waals surface area (Å²) in [5.74, 6) is 1.84. The van der Waals surface area contributed by atoms with Crippen LogP contribution in [0.5, 0.6) is 11.5 Å². The number of rotatable bonds is 4. The lowest BCUT2D eigenvalue weighted by atomic mass is 10.2. The minimum Gasteiger partial charge on any atom is -0.504 e.